The molecule has 1 nitrogen and oxygen atoms in total. The van der Waals surface area contributed by atoms with Crippen molar-refractivity contribution in [2.24, 2.45) is 0 Å². The fourth-order valence-electron chi connectivity index (χ4n) is 1.80. The molecule has 0 bridgehead atoms. The third kappa shape index (κ3) is 1.92. The summed E-state index contributed by atoms with van der Waals surface area (Å²) in [6, 6.07) is 2.80. The van der Waals surface area contributed by atoms with Crippen molar-refractivity contribution >= 4 is 5.57 Å². The topological polar surface area (TPSA) is 12.0 Å². The van der Waals surface area contributed by atoms with Gasteiger partial charge in [0.25, 0.3) is 0 Å². The number of rotatable bonds is 1. The van der Waals surface area contributed by atoms with Gasteiger partial charge in [0.15, 0.2) is 0 Å². The summed E-state index contributed by atoms with van der Waals surface area (Å²) in [5.74, 6) is -0.894. The van der Waals surface area contributed by atoms with Crippen molar-refractivity contribution in [3.05, 3.63) is 41.0 Å². The molecule has 0 spiro atoms. The van der Waals surface area contributed by atoms with Gasteiger partial charge in [0.1, 0.15) is 11.6 Å². The Kier molecular flexibility index (Phi) is 2.82. The third-order valence-electron chi connectivity index (χ3n) is 2.67. The highest BCUT2D eigenvalue weighted by atomic mass is 19.1. The molecule has 0 fully saturated rings. The summed E-state index contributed by atoms with van der Waals surface area (Å²) in [5, 5.41) is 3.12. The maximum Gasteiger partial charge on any atom is 0.136 e. The summed E-state index contributed by atoms with van der Waals surface area (Å²) in [7, 11) is 0. The lowest BCUT2D eigenvalue weighted by Gasteiger charge is -2.16. The van der Waals surface area contributed by atoms with E-state index in [0.717, 1.165) is 12.1 Å². The summed E-state index contributed by atoms with van der Waals surface area (Å²) in [6.07, 6.45) is 2.53. The zero-order valence-corrected chi connectivity index (χ0v) is 8.61. The van der Waals surface area contributed by atoms with E-state index in [1.807, 2.05) is 6.08 Å². The quantitative estimate of drug-likeness (QED) is 0.749. The molecule has 0 aromatic heterocycles. The van der Waals surface area contributed by atoms with Crippen LogP contribution in [0.5, 0.6) is 0 Å². The Morgan fingerprint density at radius 3 is 2.73 bits per heavy atom. The molecule has 1 aliphatic rings. The number of nitrogens with one attached hydrogen (secondary N) is 1. The minimum atomic E-state index is -0.466. The van der Waals surface area contributed by atoms with E-state index in [9.17, 15) is 8.78 Å². The van der Waals surface area contributed by atoms with Crippen molar-refractivity contribution in [3.8, 4) is 0 Å². The Bertz CT molecular complexity index is 410. The van der Waals surface area contributed by atoms with Crippen LogP contribution in [0.1, 0.15) is 17.5 Å². The van der Waals surface area contributed by atoms with E-state index in [-0.39, 0.29) is 5.56 Å². The second-order valence-electron chi connectivity index (χ2n) is 3.74. The van der Waals surface area contributed by atoms with Crippen LogP contribution in [0.4, 0.5) is 8.78 Å². The molecule has 3 heteroatoms. The van der Waals surface area contributed by atoms with Gasteiger partial charge in [0.05, 0.1) is 0 Å². The molecule has 0 saturated heterocycles. The molecule has 0 unspecified atom stereocenters. The predicted octanol–water partition coefficient (Wildman–Crippen LogP) is 2.65. The molecule has 0 aliphatic carbocycles. The molecular formula is C12H13F2N. The highest BCUT2D eigenvalue weighted by Crippen LogP contribution is 2.27. The molecule has 0 amide bonds. The minimum Gasteiger partial charge on any atom is -0.313 e. The first-order valence-corrected chi connectivity index (χ1v) is 5.05. The predicted molar refractivity (Wildman–Crippen MR) is 56.6 cm³/mol. The van der Waals surface area contributed by atoms with Gasteiger partial charge >= 0.3 is 0 Å². The molecule has 0 atom stereocenters. The van der Waals surface area contributed by atoms with Gasteiger partial charge in [-0.3, -0.25) is 0 Å². The summed E-state index contributed by atoms with van der Waals surface area (Å²) in [5.41, 5.74) is 1.41. The van der Waals surface area contributed by atoms with Gasteiger partial charge in [0.2, 0.25) is 0 Å². The molecule has 15 heavy (non-hydrogen) atoms. The second kappa shape index (κ2) is 4.11. The monoisotopic (exact) mass is 209 g/mol. The lowest BCUT2D eigenvalue weighted by Crippen LogP contribution is -2.20. The molecule has 80 valence electrons. The molecule has 1 aromatic rings. The van der Waals surface area contributed by atoms with E-state index in [2.05, 4.69) is 5.32 Å². The summed E-state index contributed by atoms with van der Waals surface area (Å²) in [6.45, 7) is 3.11. The fourth-order valence-corrected chi connectivity index (χ4v) is 1.80. The van der Waals surface area contributed by atoms with Gasteiger partial charge in [-0.1, -0.05) is 12.1 Å². The molecule has 0 radical (unpaired) electrons. The first-order valence-electron chi connectivity index (χ1n) is 5.05. The zero-order chi connectivity index (χ0) is 10.8. The number of aryl methyl sites for hydroxylation is 1. The average Bonchev–Trinajstić information content (AvgIpc) is 2.26. The molecule has 1 N–H and O–H groups in total. The standard InChI is InChI=1S/C12H13F2N/c1-8-2-3-10(13)11(12(8)14)9-4-6-15-7-5-9/h2-4,15H,5-7H2,1H3. The highest BCUT2D eigenvalue weighted by Gasteiger charge is 2.16. The van der Waals surface area contributed by atoms with Gasteiger partial charge in [-0.25, -0.2) is 8.78 Å². The highest BCUT2D eigenvalue weighted by molar-refractivity contribution is 5.68. The Morgan fingerprint density at radius 1 is 1.27 bits per heavy atom. The van der Waals surface area contributed by atoms with E-state index in [1.54, 1.807) is 6.92 Å². The van der Waals surface area contributed by atoms with Crippen molar-refractivity contribution < 1.29 is 8.78 Å². The average molecular weight is 209 g/mol. The Hall–Kier alpha value is -1.22. The number of halogens is 2. The number of benzene rings is 1. The maximum absolute atomic E-state index is 13.7. The van der Waals surface area contributed by atoms with Crippen molar-refractivity contribution in [2.45, 2.75) is 13.3 Å². The fraction of sp³-hybridized carbons (Fsp3) is 0.333. The van der Waals surface area contributed by atoms with Gasteiger partial charge in [-0.15, -0.1) is 0 Å². The Morgan fingerprint density at radius 2 is 2.07 bits per heavy atom. The number of hydrogen-bond donors (Lipinski definition) is 1. The van der Waals surface area contributed by atoms with Gasteiger partial charge in [0, 0.05) is 12.1 Å². The van der Waals surface area contributed by atoms with E-state index >= 15 is 0 Å². The largest absolute Gasteiger partial charge is 0.313 e. The van der Waals surface area contributed by atoms with Crippen molar-refractivity contribution in [2.75, 3.05) is 13.1 Å². The van der Waals surface area contributed by atoms with Crippen LogP contribution in [0.15, 0.2) is 18.2 Å². The first kappa shape index (κ1) is 10.3. The first-order chi connectivity index (χ1) is 7.20. The summed E-state index contributed by atoms with van der Waals surface area (Å²) >= 11 is 0. The zero-order valence-electron chi connectivity index (χ0n) is 8.61. The van der Waals surface area contributed by atoms with Crippen LogP contribution in [0, 0.1) is 18.6 Å². The van der Waals surface area contributed by atoms with Crippen molar-refractivity contribution in [1.29, 1.82) is 0 Å². The van der Waals surface area contributed by atoms with Crippen LogP contribution >= 0.6 is 0 Å². The molecule has 2 rings (SSSR count). The molecule has 1 heterocycles. The van der Waals surface area contributed by atoms with Crippen LogP contribution in [0.25, 0.3) is 5.57 Å². The van der Waals surface area contributed by atoms with Gasteiger partial charge < -0.3 is 5.32 Å². The van der Waals surface area contributed by atoms with Crippen molar-refractivity contribution in [1.82, 2.24) is 5.32 Å². The van der Waals surface area contributed by atoms with Crippen LogP contribution in [0.2, 0.25) is 0 Å². The van der Waals surface area contributed by atoms with E-state index in [4.69, 9.17) is 0 Å². The Balaban J connectivity index is 2.50. The van der Waals surface area contributed by atoms with Crippen LogP contribution in [-0.2, 0) is 0 Å². The minimum absolute atomic E-state index is 0.150. The van der Waals surface area contributed by atoms with Crippen LogP contribution in [0.3, 0.4) is 0 Å². The lowest BCUT2D eigenvalue weighted by atomic mass is 9.97. The van der Waals surface area contributed by atoms with Crippen LogP contribution < -0.4 is 5.32 Å². The summed E-state index contributed by atoms with van der Waals surface area (Å²) in [4.78, 5) is 0. The van der Waals surface area contributed by atoms with E-state index < -0.39 is 11.6 Å². The molecular weight excluding hydrogens is 196 g/mol. The normalized spacial score (nSPS) is 16.3. The van der Waals surface area contributed by atoms with E-state index in [1.165, 1.54) is 12.1 Å². The van der Waals surface area contributed by atoms with Gasteiger partial charge in [-0.05, 0) is 37.1 Å². The molecule has 1 aromatic carbocycles. The lowest BCUT2D eigenvalue weighted by molar-refractivity contribution is 0.568. The third-order valence-corrected chi connectivity index (χ3v) is 2.67. The van der Waals surface area contributed by atoms with E-state index in [0.29, 0.717) is 18.5 Å². The van der Waals surface area contributed by atoms with Gasteiger partial charge in [-0.2, -0.15) is 0 Å². The maximum atomic E-state index is 13.7. The SMILES string of the molecule is Cc1ccc(F)c(C2=CCNCC2)c1F. The second-order valence-corrected chi connectivity index (χ2v) is 3.74. The van der Waals surface area contributed by atoms with Crippen molar-refractivity contribution in [3.63, 3.8) is 0 Å². The van der Waals surface area contributed by atoms with Crippen LogP contribution in [-0.4, -0.2) is 13.1 Å². The molecule has 0 saturated carbocycles. The summed E-state index contributed by atoms with van der Waals surface area (Å²) < 4.78 is 27.3. The number of hydrogen-bond acceptors (Lipinski definition) is 1. The smallest absolute Gasteiger partial charge is 0.136 e. The molecule has 1 aliphatic heterocycles. The Labute approximate surface area is 87.8 Å².